The molecule has 3 aromatic rings. The number of sulfonamides is 1. The molecule has 5 nitrogen and oxygen atoms in total. The molecule has 6 heteroatoms. The third-order valence-electron chi connectivity index (χ3n) is 5.54. The van der Waals surface area contributed by atoms with Crippen molar-refractivity contribution in [1.82, 2.24) is 0 Å². The second-order valence-electron chi connectivity index (χ2n) is 9.44. The maximum Gasteiger partial charge on any atom is 0.261 e. The minimum Gasteiger partial charge on any atom is -0.326 e. The van der Waals surface area contributed by atoms with Crippen LogP contribution in [0.5, 0.6) is 0 Å². The SMILES string of the molecule is Cc1ccc(NS(=O)(=O)c2ccc(NC(=O)CCc3ccc(C(C)(C)C)cc3)cc2)c(C)c1. The van der Waals surface area contributed by atoms with Crippen LogP contribution in [0.4, 0.5) is 11.4 Å². The van der Waals surface area contributed by atoms with Gasteiger partial charge in [0.05, 0.1) is 10.6 Å². The smallest absolute Gasteiger partial charge is 0.261 e. The van der Waals surface area contributed by atoms with E-state index >= 15 is 0 Å². The number of anilines is 2. The topological polar surface area (TPSA) is 75.3 Å². The van der Waals surface area contributed by atoms with E-state index in [0.29, 0.717) is 24.2 Å². The second kappa shape index (κ2) is 9.79. The van der Waals surface area contributed by atoms with Gasteiger partial charge in [0.25, 0.3) is 10.0 Å². The molecule has 0 heterocycles. The average Bonchev–Trinajstić information content (AvgIpc) is 2.74. The zero-order chi connectivity index (χ0) is 24.2. The highest BCUT2D eigenvalue weighted by Crippen LogP contribution is 2.23. The van der Waals surface area contributed by atoms with Crippen LogP contribution >= 0.6 is 0 Å². The van der Waals surface area contributed by atoms with Crippen molar-refractivity contribution in [2.75, 3.05) is 10.0 Å². The van der Waals surface area contributed by atoms with Crippen molar-refractivity contribution in [3.05, 3.63) is 89.0 Å². The first kappa shape index (κ1) is 24.5. The molecule has 0 aliphatic carbocycles. The second-order valence-corrected chi connectivity index (χ2v) is 11.1. The molecule has 33 heavy (non-hydrogen) atoms. The van der Waals surface area contributed by atoms with Gasteiger partial charge in [-0.2, -0.15) is 0 Å². The van der Waals surface area contributed by atoms with Gasteiger partial charge in [0.15, 0.2) is 0 Å². The molecule has 0 spiro atoms. The van der Waals surface area contributed by atoms with E-state index in [1.54, 1.807) is 18.2 Å². The summed E-state index contributed by atoms with van der Waals surface area (Å²) in [5, 5.41) is 2.84. The Hall–Kier alpha value is -3.12. The Bertz CT molecular complexity index is 1220. The van der Waals surface area contributed by atoms with E-state index < -0.39 is 10.0 Å². The highest BCUT2D eigenvalue weighted by molar-refractivity contribution is 7.92. The lowest BCUT2D eigenvalue weighted by molar-refractivity contribution is -0.116. The molecule has 2 N–H and O–H groups in total. The Kier molecular flexibility index (Phi) is 7.28. The van der Waals surface area contributed by atoms with E-state index in [4.69, 9.17) is 0 Å². The lowest BCUT2D eigenvalue weighted by atomic mass is 9.86. The third kappa shape index (κ3) is 6.68. The molecular formula is C27H32N2O3S. The van der Waals surface area contributed by atoms with E-state index in [9.17, 15) is 13.2 Å². The molecule has 0 saturated carbocycles. The number of amides is 1. The highest BCUT2D eigenvalue weighted by Gasteiger charge is 2.16. The molecular weight excluding hydrogens is 432 g/mol. The van der Waals surface area contributed by atoms with Crippen molar-refractivity contribution in [3.63, 3.8) is 0 Å². The molecule has 0 radical (unpaired) electrons. The normalized spacial score (nSPS) is 11.8. The molecule has 0 aromatic heterocycles. The van der Waals surface area contributed by atoms with Crippen LogP contribution in [0.3, 0.4) is 0 Å². The average molecular weight is 465 g/mol. The summed E-state index contributed by atoms with van der Waals surface area (Å²) in [5.74, 6) is -0.112. The first-order valence-corrected chi connectivity index (χ1v) is 12.5. The molecule has 0 unspecified atom stereocenters. The summed E-state index contributed by atoms with van der Waals surface area (Å²) in [5.41, 5.74) is 5.51. The fraction of sp³-hybridized carbons (Fsp3) is 0.296. The van der Waals surface area contributed by atoms with Crippen LogP contribution in [0.1, 0.15) is 49.4 Å². The molecule has 0 bridgehead atoms. The van der Waals surface area contributed by atoms with Gasteiger partial charge in [-0.25, -0.2) is 8.42 Å². The minimum atomic E-state index is -3.72. The van der Waals surface area contributed by atoms with E-state index in [1.807, 2.05) is 26.0 Å². The maximum atomic E-state index is 12.7. The van der Waals surface area contributed by atoms with Gasteiger partial charge in [0.1, 0.15) is 0 Å². The number of carbonyl (C=O) groups excluding carboxylic acids is 1. The summed E-state index contributed by atoms with van der Waals surface area (Å²) in [6.07, 6.45) is 0.992. The van der Waals surface area contributed by atoms with E-state index in [1.165, 1.54) is 17.7 Å². The van der Waals surface area contributed by atoms with Crippen LogP contribution in [-0.2, 0) is 26.7 Å². The molecule has 3 aromatic carbocycles. The van der Waals surface area contributed by atoms with Crippen molar-refractivity contribution < 1.29 is 13.2 Å². The fourth-order valence-electron chi connectivity index (χ4n) is 3.50. The summed E-state index contributed by atoms with van der Waals surface area (Å²) in [7, 11) is -3.72. The molecule has 1 amide bonds. The number of benzene rings is 3. The van der Waals surface area contributed by atoms with Crippen LogP contribution in [0.25, 0.3) is 0 Å². The Labute approximate surface area is 197 Å². The first-order chi connectivity index (χ1) is 15.4. The van der Waals surface area contributed by atoms with Gasteiger partial charge in [0.2, 0.25) is 5.91 Å². The van der Waals surface area contributed by atoms with Crippen molar-refractivity contribution in [2.45, 2.75) is 57.8 Å². The van der Waals surface area contributed by atoms with Gasteiger partial charge in [-0.1, -0.05) is 62.7 Å². The van der Waals surface area contributed by atoms with Crippen LogP contribution < -0.4 is 10.0 Å². The Morgan fingerprint density at radius 2 is 1.52 bits per heavy atom. The highest BCUT2D eigenvalue weighted by atomic mass is 32.2. The van der Waals surface area contributed by atoms with Crippen LogP contribution in [0.15, 0.2) is 71.6 Å². The Morgan fingerprint density at radius 1 is 0.879 bits per heavy atom. The number of rotatable bonds is 7. The van der Waals surface area contributed by atoms with Gasteiger partial charge in [-0.15, -0.1) is 0 Å². The zero-order valence-electron chi connectivity index (χ0n) is 19.9. The molecule has 0 atom stereocenters. The summed E-state index contributed by atoms with van der Waals surface area (Å²) in [6.45, 7) is 10.3. The van der Waals surface area contributed by atoms with Gasteiger partial charge >= 0.3 is 0 Å². The van der Waals surface area contributed by atoms with Gasteiger partial charge < -0.3 is 5.32 Å². The van der Waals surface area contributed by atoms with Crippen LogP contribution in [-0.4, -0.2) is 14.3 Å². The Morgan fingerprint density at radius 3 is 2.09 bits per heavy atom. The molecule has 0 aliphatic rings. The Balaban J connectivity index is 1.57. The number of nitrogens with one attached hydrogen (secondary N) is 2. The van der Waals surface area contributed by atoms with Crippen molar-refractivity contribution >= 4 is 27.3 Å². The number of carbonyl (C=O) groups is 1. The quantitative estimate of drug-likeness (QED) is 0.452. The van der Waals surface area contributed by atoms with Crippen molar-refractivity contribution in [2.24, 2.45) is 0 Å². The third-order valence-corrected chi connectivity index (χ3v) is 6.92. The van der Waals surface area contributed by atoms with Crippen molar-refractivity contribution in [3.8, 4) is 0 Å². The zero-order valence-corrected chi connectivity index (χ0v) is 20.7. The number of hydrogen-bond donors (Lipinski definition) is 2. The van der Waals surface area contributed by atoms with E-state index in [-0.39, 0.29) is 16.2 Å². The van der Waals surface area contributed by atoms with Crippen molar-refractivity contribution in [1.29, 1.82) is 0 Å². The lowest BCUT2D eigenvalue weighted by Crippen LogP contribution is -2.15. The molecule has 0 aliphatic heterocycles. The molecule has 0 fully saturated rings. The summed E-state index contributed by atoms with van der Waals surface area (Å²) >= 11 is 0. The summed E-state index contributed by atoms with van der Waals surface area (Å²) in [6, 6.07) is 20.1. The first-order valence-electron chi connectivity index (χ1n) is 11.0. The van der Waals surface area contributed by atoms with E-state index in [2.05, 4.69) is 55.1 Å². The van der Waals surface area contributed by atoms with E-state index in [0.717, 1.165) is 16.7 Å². The van der Waals surface area contributed by atoms with Gasteiger partial charge in [0, 0.05) is 12.1 Å². The maximum absolute atomic E-state index is 12.7. The monoisotopic (exact) mass is 464 g/mol. The minimum absolute atomic E-state index is 0.101. The van der Waals surface area contributed by atoms with Gasteiger partial charge in [-0.3, -0.25) is 9.52 Å². The molecule has 3 rings (SSSR count). The van der Waals surface area contributed by atoms with Crippen LogP contribution in [0, 0.1) is 13.8 Å². The lowest BCUT2D eigenvalue weighted by Gasteiger charge is -2.19. The number of aryl methyl sites for hydroxylation is 3. The standard InChI is InChI=1S/C27H32N2O3S/c1-19-6-16-25(20(2)18-19)29-33(31,32)24-14-12-23(13-15-24)28-26(30)17-9-21-7-10-22(11-8-21)27(3,4)5/h6-8,10-16,18,29H,9,17H2,1-5H3,(H,28,30). The largest absolute Gasteiger partial charge is 0.326 e. The predicted molar refractivity (Wildman–Crippen MR) is 135 cm³/mol. The predicted octanol–water partition coefficient (Wildman–Crippen LogP) is 5.97. The number of hydrogen-bond acceptors (Lipinski definition) is 3. The summed E-state index contributed by atoms with van der Waals surface area (Å²) < 4.78 is 28.1. The molecule has 174 valence electrons. The van der Waals surface area contributed by atoms with Crippen LogP contribution in [0.2, 0.25) is 0 Å². The van der Waals surface area contributed by atoms with Gasteiger partial charge in [-0.05, 0) is 72.7 Å². The fourth-order valence-corrected chi connectivity index (χ4v) is 4.63. The molecule has 0 saturated heterocycles. The summed E-state index contributed by atoms with van der Waals surface area (Å²) in [4.78, 5) is 12.5.